The van der Waals surface area contributed by atoms with Crippen LogP contribution in [0, 0.1) is 0 Å². The molecule has 0 saturated carbocycles. The first kappa shape index (κ1) is 18.7. The van der Waals surface area contributed by atoms with E-state index in [9.17, 15) is 14.7 Å². The Balaban J connectivity index is 1.82. The summed E-state index contributed by atoms with van der Waals surface area (Å²) in [6.45, 7) is 0. The summed E-state index contributed by atoms with van der Waals surface area (Å²) < 4.78 is 17.3. The topological polar surface area (TPSA) is 89.9 Å². The lowest BCUT2D eigenvalue weighted by molar-refractivity contribution is 0.422. The molecule has 1 aliphatic rings. The number of aromatic hydroxyl groups is 1. The third kappa shape index (κ3) is 2.60. The number of hydrogen-bond donors (Lipinski definition) is 1. The highest BCUT2D eigenvalue weighted by molar-refractivity contribution is 6.30. The monoisotopic (exact) mass is 444 g/mol. The average molecular weight is 445 g/mol. The summed E-state index contributed by atoms with van der Waals surface area (Å²) in [5.41, 5.74) is -0.203. The molecule has 2 aromatic heterocycles. The zero-order valence-corrected chi connectivity index (χ0v) is 17.1. The molecule has 0 atom stereocenters. The van der Waals surface area contributed by atoms with E-state index in [-0.39, 0.29) is 33.9 Å². The molecule has 1 N–H and O–H groups in total. The van der Waals surface area contributed by atoms with Crippen LogP contribution in [0.15, 0.2) is 85.2 Å². The zero-order valence-electron chi connectivity index (χ0n) is 16.3. The van der Waals surface area contributed by atoms with Gasteiger partial charge < -0.3 is 18.7 Å². The van der Waals surface area contributed by atoms with Crippen molar-refractivity contribution in [3.8, 4) is 17.2 Å². The van der Waals surface area contributed by atoms with Gasteiger partial charge in [0.15, 0.2) is 0 Å². The summed E-state index contributed by atoms with van der Waals surface area (Å²) in [5.74, 6) is -0.596. The molecule has 6 nitrogen and oxygen atoms in total. The van der Waals surface area contributed by atoms with Gasteiger partial charge in [-0.25, -0.2) is 9.59 Å². The molecule has 1 aliphatic heterocycles. The second-order valence-corrected chi connectivity index (χ2v) is 7.93. The van der Waals surface area contributed by atoms with Crippen LogP contribution in [0.25, 0.3) is 21.9 Å². The lowest BCUT2D eigenvalue weighted by Crippen LogP contribution is -2.26. The highest BCUT2D eigenvalue weighted by Crippen LogP contribution is 2.51. The fourth-order valence-corrected chi connectivity index (χ4v) is 4.48. The minimum Gasteiger partial charge on any atom is -0.508 e. The van der Waals surface area contributed by atoms with E-state index in [0.29, 0.717) is 27.0 Å². The molecule has 0 radical (unpaired) electrons. The van der Waals surface area contributed by atoms with Crippen molar-refractivity contribution < 1.29 is 18.7 Å². The van der Waals surface area contributed by atoms with E-state index in [1.807, 2.05) is 0 Å². The summed E-state index contributed by atoms with van der Waals surface area (Å²) in [4.78, 5) is 26.3. The molecule has 3 heterocycles. The molecular formula is C25H13ClO6. The maximum absolute atomic E-state index is 13.1. The quantitative estimate of drug-likeness (QED) is 0.335. The van der Waals surface area contributed by atoms with E-state index < -0.39 is 17.2 Å². The van der Waals surface area contributed by atoms with Gasteiger partial charge in [0.25, 0.3) is 0 Å². The van der Waals surface area contributed by atoms with E-state index in [1.165, 1.54) is 18.2 Å². The number of phenolic OH excluding ortho intramolecular Hbond substituents is 1. The second kappa shape index (κ2) is 6.73. The molecule has 0 unspecified atom stereocenters. The Morgan fingerprint density at radius 2 is 1.28 bits per heavy atom. The molecule has 5 aromatic rings. The fourth-order valence-electron chi connectivity index (χ4n) is 4.30. The van der Waals surface area contributed by atoms with Crippen LogP contribution in [-0.4, -0.2) is 5.11 Å². The smallest absolute Gasteiger partial charge is 0.344 e. The summed E-state index contributed by atoms with van der Waals surface area (Å²) in [5, 5.41) is 12.2. The van der Waals surface area contributed by atoms with Crippen molar-refractivity contribution in [1.82, 2.24) is 0 Å². The normalized spacial score (nSPS) is 13.0. The minimum atomic E-state index is -1.01. The van der Waals surface area contributed by atoms with Crippen molar-refractivity contribution in [3.63, 3.8) is 0 Å². The van der Waals surface area contributed by atoms with Gasteiger partial charge in [0, 0.05) is 10.6 Å². The Morgan fingerprint density at radius 3 is 1.84 bits per heavy atom. The number of hydrogen-bond acceptors (Lipinski definition) is 6. The van der Waals surface area contributed by atoms with Gasteiger partial charge in [0.2, 0.25) is 0 Å². The molecule has 32 heavy (non-hydrogen) atoms. The Labute approximate surface area is 184 Å². The molecule has 156 valence electrons. The molecule has 0 saturated heterocycles. The van der Waals surface area contributed by atoms with Crippen LogP contribution >= 0.6 is 11.6 Å². The molecule has 0 bridgehead atoms. The van der Waals surface area contributed by atoms with E-state index in [4.69, 9.17) is 25.2 Å². The predicted molar refractivity (Wildman–Crippen MR) is 119 cm³/mol. The standard InChI is InChI=1S/C25H13ClO6/c26-12-9-10-16(27)15(11-12)19-20-22(13-5-1-3-7-17(13)30-24(20)28)32-23-14-6-2-4-8-18(14)31-25(29)21(19)23/h1-11,19,27H. The van der Waals surface area contributed by atoms with Crippen LogP contribution < -0.4 is 16.0 Å². The summed E-state index contributed by atoms with van der Waals surface area (Å²) in [6.07, 6.45) is 0. The van der Waals surface area contributed by atoms with Gasteiger partial charge in [-0.2, -0.15) is 0 Å². The van der Waals surface area contributed by atoms with Gasteiger partial charge in [0.05, 0.1) is 27.8 Å². The molecular weight excluding hydrogens is 432 g/mol. The molecule has 7 heteroatoms. The third-order valence-electron chi connectivity index (χ3n) is 5.68. The number of ether oxygens (including phenoxy) is 1. The summed E-state index contributed by atoms with van der Waals surface area (Å²) >= 11 is 6.21. The minimum absolute atomic E-state index is 0.0938. The van der Waals surface area contributed by atoms with Crippen molar-refractivity contribution in [2.45, 2.75) is 5.92 Å². The van der Waals surface area contributed by atoms with E-state index in [1.54, 1.807) is 48.5 Å². The lowest BCUT2D eigenvalue weighted by atomic mass is 9.82. The van der Waals surface area contributed by atoms with Crippen molar-refractivity contribution in [3.05, 3.63) is 109 Å². The molecule has 6 rings (SSSR count). The largest absolute Gasteiger partial charge is 0.508 e. The van der Waals surface area contributed by atoms with Crippen LogP contribution in [0.3, 0.4) is 0 Å². The molecule has 0 spiro atoms. The fraction of sp³-hybridized carbons (Fsp3) is 0.0400. The van der Waals surface area contributed by atoms with Crippen LogP contribution in [0.1, 0.15) is 22.6 Å². The Morgan fingerprint density at radius 1 is 0.750 bits per heavy atom. The Bertz CT molecular complexity index is 1580. The summed E-state index contributed by atoms with van der Waals surface area (Å²) in [7, 11) is 0. The van der Waals surface area contributed by atoms with Crippen molar-refractivity contribution in [2.75, 3.05) is 0 Å². The number of rotatable bonds is 1. The van der Waals surface area contributed by atoms with E-state index in [0.717, 1.165) is 0 Å². The van der Waals surface area contributed by atoms with E-state index >= 15 is 0 Å². The molecule has 0 aliphatic carbocycles. The maximum Gasteiger partial charge on any atom is 0.344 e. The van der Waals surface area contributed by atoms with Crippen LogP contribution in [0.4, 0.5) is 0 Å². The first-order valence-electron chi connectivity index (χ1n) is 9.80. The van der Waals surface area contributed by atoms with Gasteiger partial charge in [0.1, 0.15) is 28.4 Å². The van der Waals surface area contributed by atoms with Gasteiger partial charge in [-0.1, -0.05) is 35.9 Å². The first-order chi connectivity index (χ1) is 15.5. The van der Waals surface area contributed by atoms with Crippen molar-refractivity contribution in [2.24, 2.45) is 0 Å². The highest BCUT2D eigenvalue weighted by atomic mass is 35.5. The van der Waals surface area contributed by atoms with Crippen LogP contribution in [0.2, 0.25) is 5.02 Å². The van der Waals surface area contributed by atoms with Gasteiger partial charge in [-0.3, -0.25) is 0 Å². The highest BCUT2D eigenvalue weighted by Gasteiger charge is 2.39. The first-order valence-corrected chi connectivity index (χ1v) is 10.2. The maximum atomic E-state index is 13.1. The van der Waals surface area contributed by atoms with Crippen molar-refractivity contribution in [1.29, 1.82) is 0 Å². The number of benzene rings is 3. The zero-order chi connectivity index (χ0) is 22.0. The van der Waals surface area contributed by atoms with Crippen LogP contribution in [-0.2, 0) is 0 Å². The second-order valence-electron chi connectivity index (χ2n) is 7.50. The number of halogens is 1. The number of fused-ring (bicyclic) bond motifs is 6. The lowest BCUT2D eigenvalue weighted by Gasteiger charge is -2.28. The SMILES string of the molecule is O=c1oc2ccccc2c2c1C(c1cc(Cl)ccc1O)c1c(c3ccccc3oc1=O)O2. The summed E-state index contributed by atoms with van der Waals surface area (Å²) in [6, 6.07) is 18.4. The number of phenols is 1. The van der Waals surface area contributed by atoms with Gasteiger partial charge in [-0.05, 0) is 42.5 Å². The number of para-hydroxylation sites is 2. The Hall–Kier alpha value is -4.03. The van der Waals surface area contributed by atoms with E-state index in [2.05, 4.69) is 0 Å². The van der Waals surface area contributed by atoms with Crippen molar-refractivity contribution >= 4 is 33.5 Å². The molecule has 0 fully saturated rings. The Kier molecular flexibility index (Phi) is 3.94. The third-order valence-corrected chi connectivity index (χ3v) is 5.91. The average Bonchev–Trinajstić information content (AvgIpc) is 2.80. The molecule has 0 amide bonds. The van der Waals surface area contributed by atoms with Gasteiger partial charge >= 0.3 is 11.3 Å². The molecule has 3 aromatic carbocycles. The van der Waals surface area contributed by atoms with Crippen LogP contribution in [0.5, 0.6) is 17.2 Å². The van der Waals surface area contributed by atoms with Gasteiger partial charge in [-0.15, -0.1) is 0 Å². The predicted octanol–water partition coefficient (Wildman–Crippen LogP) is 5.54.